The summed E-state index contributed by atoms with van der Waals surface area (Å²) in [4.78, 5) is 21.0. The molecule has 2 N–H and O–H groups in total. The van der Waals surface area contributed by atoms with Crippen LogP contribution < -0.4 is 20.1 Å². The number of rotatable bonds is 3. The Morgan fingerprint density at radius 3 is 2.67 bits per heavy atom. The van der Waals surface area contributed by atoms with Gasteiger partial charge in [0.05, 0.1) is 5.56 Å². The van der Waals surface area contributed by atoms with Gasteiger partial charge in [-0.2, -0.15) is 0 Å². The standard InChI is InChI=1S/C23H20N4O3/c1-24-22-18-13-25-21(27-23(28)15-5-6-15)11-17(18)16(12-26-22)4-2-14-3-7-19-20(10-14)30-9-8-29-19/h3,7,10-13,15H,5-6,8-9H2,1H3,(H,24,26)(H,25,27,28). The van der Waals surface area contributed by atoms with E-state index in [2.05, 4.69) is 32.4 Å². The number of ether oxygens (including phenoxy) is 2. The van der Waals surface area contributed by atoms with E-state index in [-0.39, 0.29) is 11.8 Å². The number of pyridine rings is 2. The van der Waals surface area contributed by atoms with Crippen molar-refractivity contribution in [2.24, 2.45) is 5.92 Å². The number of fused-ring (bicyclic) bond motifs is 2. The van der Waals surface area contributed by atoms with Crippen LogP contribution in [0.5, 0.6) is 11.5 Å². The topological polar surface area (TPSA) is 85.4 Å². The maximum absolute atomic E-state index is 12.1. The Balaban J connectivity index is 1.52. The zero-order valence-electron chi connectivity index (χ0n) is 16.5. The van der Waals surface area contributed by atoms with Gasteiger partial charge >= 0.3 is 0 Å². The van der Waals surface area contributed by atoms with Gasteiger partial charge in [0.25, 0.3) is 0 Å². The largest absolute Gasteiger partial charge is 0.486 e. The van der Waals surface area contributed by atoms with E-state index in [1.165, 1.54) is 0 Å². The number of hydrogen-bond donors (Lipinski definition) is 2. The highest BCUT2D eigenvalue weighted by atomic mass is 16.6. The second kappa shape index (κ2) is 7.56. The lowest BCUT2D eigenvalue weighted by Crippen LogP contribution is -2.15. The van der Waals surface area contributed by atoms with Crippen LogP contribution in [0.1, 0.15) is 24.0 Å². The van der Waals surface area contributed by atoms with E-state index in [9.17, 15) is 4.79 Å². The van der Waals surface area contributed by atoms with Crippen molar-refractivity contribution < 1.29 is 14.3 Å². The first-order valence-electron chi connectivity index (χ1n) is 9.90. The molecule has 1 aliphatic heterocycles. The molecule has 150 valence electrons. The highest BCUT2D eigenvalue weighted by Crippen LogP contribution is 2.32. The van der Waals surface area contributed by atoms with Crippen LogP contribution in [-0.4, -0.2) is 36.1 Å². The molecule has 1 fully saturated rings. The molecule has 3 aromatic rings. The number of benzene rings is 1. The number of hydrogen-bond acceptors (Lipinski definition) is 6. The van der Waals surface area contributed by atoms with E-state index in [0.29, 0.717) is 30.6 Å². The first-order valence-corrected chi connectivity index (χ1v) is 9.90. The second-order valence-corrected chi connectivity index (χ2v) is 7.26. The Morgan fingerprint density at radius 2 is 1.87 bits per heavy atom. The number of nitrogens with zero attached hydrogens (tertiary/aromatic N) is 2. The summed E-state index contributed by atoms with van der Waals surface area (Å²) < 4.78 is 11.2. The van der Waals surface area contributed by atoms with Gasteiger partial charge in [-0.25, -0.2) is 9.97 Å². The monoisotopic (exact) mass is 400 g/mol. The Kier molecular flexibility index (Phi) is 4.60. The normalized spacial score (nSPS) is 14.6. The molecule has 7 heteroatoms. The van der Waals surface area contributed by atoms with Crippen LogP contribution in [0.2, 0.25) is 0 Å². The summed E-state index contributed by atoms with van der Waals surface area (Å²) in [6.45, 7) is 1.09. The first-order chi connectivity index (χ1) is 14.7. The molecule has 3 heterocycles. The summed E-state index contributed by atoms with van der Waals surface area (Å²) in [5, 5.41) is 7.69. The van der Waals surface area contributed by atoms with Crippen molar-refractivity contribution in [2.45, 2.75) is 12.8 Å². The molecular weight excluding hydrogens is 380 g/mol. The van der Waals surface area contributed by atoms with Gasteiger partial charge in [0, 0.05) is 41.7 Å². The zero-order chi connectivity index (χ0) is 20.5. The maximum Gasteiger partial charge on any atom is 0.228 e. The van der Waals surface area contributed by atoms with Gasteiger partial charge in [-0.3, -0.25) is 4.79 Å². The van der Waals surface area contributed by atoms with E-state index in [4.69, 9.17) is 9.47 Å². The number of carbonyl (C=O) groups is 1. The molecule has 1 amide bonds. The SMILES string of the molecule is CNc1ncc(C#Cc2ccc3c(c2)OCCO3)c2cc(NC(=O)C3CC3)ncc12. The van der Waals surface area contributed by atoms with Crippen molar-refractivity contribution in [3.05, 3.63) is 47.8 Å². The van der Waals surface area contributed by atoms with Crippen LogP contribution in [-0.2, 0) is 4.79 Å². The number of amides is 1. The zero-order valence-corrected chi connectivity index (χ0v) is 16.5. The third-order valence-corrected chi connectivity index (χ3v) is 5.09. The first kappa shape index (κ1) is 18.3. The number of anilines is 2. The number of nitrogens with one attached hydrogen (secondary N) is 2. The summed E-state index contributed by atoms with van der Waals surface area (Å²) in [7, 11) is 1.81. The van der Waals surface area contributed by atoms with Gasteiger partial charge < -0.3 is 20.1 Å². The highest BCUT2D eigenvalue weighted by molar-refractivity contribution is 5.99. The maximum atomic E-state index is 12.1. The van der Waals surface area contributed by atoms with E-state index in [1.54, 1.807) is 12.4 Å². The van der Waals surface area contributed by atoms with Crippen molar-refractivity contribution in [2.75, 3.05) is 30.9 Å². The number of carbonyl (C=O) groups excluding carboxylic acids is 1. The van der Waals surface area contributed by atoms with Gasteiger partial charge in [-0.1, -0.05) is 11.8 Å². The minimum atomic E-state index is 0.0219. The van der Waals surface area contributed by atoms with Crippen molar-refractivity contribution >= 4 is 28.3 Å². The molecular formula is C23H20N4O3. The van der Waals surface area contributed by atoms with Crippen molar-refractivity contribution in [3.8, 4) is 23.3 Å². The summed E-state index contributed by atoms with van der Waals surface area (Å²) in [6, 6.07) is 7.50. The minimum absolute atomic E-state index is 0.0219. The van der Waals surface area contributed by atoms with Crippen molar-refractivity contribution in [1.82, 2.24) is 9.97 Å². The Labute approximate surface area is 173 Å². The summed E-state index contributed by atoms with van der Waals surface area (Å²) >= 11 is 0. The molecule has 30 heavy (non-hydrogen) atoms. The molecule has 0 bridgehead atoms. The third kappa shape index (κ3) is 3.60. The fourth-order valence-corrected chi connectivity index (χ4v) is 3.34. The molecule has 2 aromatic heterocycles. The molecule has 2 aliphatic rings. The molecule has 1 saturated carbocycles. The van der Waals surface area contributed by atoms with Gasteiger partial charge in [-0.15, -0.1) is 0 Å². The van der Waals surface area contributed by atoms with Crippen LogP contribution in [0.3, 0.4) is 0 Å². The lowest BCUT2D eigenvalue weighted by molar-refractivity contribution is -0.117. The van der Waals surface area contributed by atoms with E-state index >= 15 is 0 Å². The molecule has 5 rings (SSSR count). The highest BCUT2D eigenvalue weighted by Gasteiger charge is 2.29. The van der Waals surface area contributed by atoms with Crippen LogP contribution in [0.25, 0.3) is 10.8 Å². The van der Waals surface area contributed by atoms with Crippen LogP contribution in [0.4, 0.5) is 11.6 Å². The molecule has 0 atom stereocenters. The molecule has 0 radical (unpaired) electrons. The van der Waals surface area contributed by atoms with Crippen LogP contribution in [0, 0.1) is 17.8 Å². The second-order valence-electron chi connectivity index (χ2n) is 7.26. The van der Waals surface area contributed by atoms with Gasteiger partial charge in [0.1, 0.15) is 24.8 Å². The predicted octanol–water partition coefficient (Wildman–Crippen LogP) is 3.19. The fourth-order valence-electron chi connectivity index (χ4n) is 3.34. The Morgan fingerprint density at radius 1 is 1.03 bits per heavy atom. The molecule has 1 aliphatic carbocycles. The molecule has 0 spiro atoms. The van der Waals surface area contributed by atoms with Crippen molar-refractivity contribution in [1.29, 1.82) is 0 Å². The van der Waals surface area contributed by atoms with E-state index in [0.717, 1.165) is 40.5 Å². The van der Waals surface area contributed by atoms with E-state index in [1.807, 2.05) is 31.3 Å². The van der Waals surface area contributed by atoms with Crippen molar-refractivity contribution in [3.63, 3.8) is 0 Å². The van der Waals surface area contributed by atoms with Gasteiger partial charge in [0.15, 0.2) is 11.5 Å². The molecule has 1 aromatic carbocycles. The van der Waals surface area contributed by atoms with Gasteiger partial charge in [-0.05, 0) is 37.1 Å². The quantitative estimate of drug-likeness (QED) is 0.657. The minimum Gasteiger partial charge on any atom is -0.486 e. The summed E-state index contributed by atoms with van der Waals surface area (Å²) in [6.07, 6.45) is 5.33. The molecule has 0 saturated heterocycles. The van der Waals surface area contributed by atoms with Crippen LogP contribution in [0.15, 0.2) is 36.7 Å². The smallest absolute Gasteiger partial charge is 0.228 e. The Hall–Kier alpha value is -3.79. The van der Waals surface area contributed by atoms with Crippen LogP contribution >= 0.6 is 0 Å². The molecule has 0 unspecified atom stereocenters. The third-order valence-electron chi connectivity index (χ3n) is 5.09. The Bertz CT molecular complexity index is 1210. The summed E-state index contributed by atoms with van der Waals surface area (Å²) in [5.41, 5.74) is 1.57. The molecule has 7 nitrogen and oxygen atoms in total. The fraction of sp³-hybridized carbons (Fsp3) is 0.261. The summed E-state index contributed by atoms with van der Waals surface area (Å²) in [5.74, 6) is 9.18. The lowest BCUT2D eigenvalue weighted by atomic mass is 10.1. The average molecular weight is 400 g/mol. The lowest BCUT2D eigenvalue weighted by Gasteiger charge is -2.17. The predicted molar refractivity (Wildman–Crippen MR) is 114 cm³/mol. The van der Waals surface area contributed by atoms with E-state index < -0.39 is 0 Å². The van der Waals surface area contributed by atoms with Gasteiger partial charge in [0.2, 0.25) is 5.91 Å². The average Bonchev–Trinajstić information content (AvgIpc) is 3.63. The number of aromatic nitrogens is 2.